The molecular weight excluding hydrogens is 498 g/mol. The van der Waals surface area contributed by atoms with E-state index in [-0.39, 0.29) is 18.4 Å². The number of benzene rings is 2. The molecule has 3 aromatic rings. The minimum absolute atomic E-state index is 0.0103. The lowest BCUT2D eigenvalue weighted by atomic mass is 9.84. The zero-order valence-corrected chi connectivity index (χ0v) is 20.6. The van der Waals surface area contributed by atoms with Crippen LogP contribution in [0.4, 0.5) is 13.2 Å². The molecule has 1 aliphatic heterocycles. The van der Waals surface area contributed by atoms with Crippen LogP contribution in [-0.4, -0.2) is 15.6 Å². The van der Waals surface area contributed by atoms with Gasteiger partial charge >= 0.3 is 12.1 Å². The summed E-state index contributed by atoms with van der Waals surface area (Å²) in [7, 11) is 0. The first-order chi connectivity index (χ1) is 16.6. The molecule has 184 valence electrons. The van der Waals surface area contributed by atoms with Crippen LogP contribution in [0.5, 0.6) is 0 Å². The van der Waals surface area contributed by atoms with Crippen molar-refractivity contribution in [2.45, 2.75) is 63.6 Å². The number of alkyl halides is 3. The molecule has 0 saturated carbocycles. The number of fused-ring (bicyclic) bond motifs is 7. The Morgan fingerprint density at radius 1 is 1.14 bits per heavy atom. The van der Waals surface area contributed by atoms with E-state index in [1.54, 1.807) is 18.2 Å². The highest BCUT2D eigenvalue weighted by molar-refractivity contribution is 6.37. The zero-order chi connectivity index (χ0) is 25.1. The summed E-state index contributed by atoms with van der Waals surface area (Å²) in [5.74, 6) is -1.03. The van der Waals surface area contributed by atoms with Crippen molar-refractivity contribution in [1.82, 2.24) is 4.57 Å². The first kappa shape index (κ1) is 24.3. The molecule has 2 aliphatic rings. The number of hydrogen-bond donors (Lipinski definition) is 1. The first-order valence-corrected chi connectivity index (χ1v) is 12.5. The van der Waals surface area contributed by atoms with E-state index in [1.807, 2.05) is 6.92 Å². The molecule has 8 heteroatoms. The summed E-state index contributed by atoms with van der Waals surface area (Å²) in [5.41, 5.74) is 4.56. The van der Waals surface area contributed by atoms with E-state index in [0.717, 1.165) is 54.3 Å². The summed E-state index contributed by atoms with van der Waals surface area (Å²) in [6.07, 6.45) is -0.536. The monoisotopic (exact) mass is 521 g/mol. The van der Waals surface area contributed by atoms with Gasteiger partial charge in [-0.1, -0.05) is 42.6 Å². The van der Waals surface area contributed by atoms with Crippen molar-refractivity contribution in [3.8, 4) is 22.4 Å². The maximum atomic E-state index is 13.7. The normalized spacial score (nSPS) is 18.8. The molecule has 1 aliphatic carbocycles. The minimum atomic E-state index is -4.49. The lowest BCUT2D eigenvalue weighted by molar-refractivity contribution is -0.138. The Kier molecular flexibility index (Phi) is 6.17. The average molecular weight is 522 g/mol. The molecule has 0 spiro atoms. The third-order valence-electron chi connectivity index (χ3n) is 7.18. The predicted octanol–water partition coefficient (Wildman–Crippen LogP) is 8.75. The van der Waals surface area contributed by atoms with Crippen LogP contribution in [0.1, 0.15) is 73.4 Å². The summed E-state index contributed by atoms with van der Waals surface area (Å²) in [6, 6.07) is 8.98. The second-order valence-electron chi connectivity index (χ2n) is 9.41. The molecule has 35 heavy (non-hydrogen) atoms. The fourth-order valence-electron chi connectivity index (χ4n) is 5.87. The highest BCUT2D eigenvalue weighted by atomic mass is 35.5. The Balaban J connectivity index is 1.88. The molecule has 1 N–H and O–H groups in total. The molecular formula is C27H24Cl2F3NO2. The van der Waals surface area contributed by atoms with Crippen LogP contribution in [0.3, 0.4) is 0 Å². The number of hydrogen-bond acceptors (Lipinski definition) is 1. The van der Waals surface area contributed by atoms with Crippen molar-refractivity contribution < 1.29 is 23.1 Å². The molecule has 1 aromatic heterocycles. The molecule has 2 aromatic carbocycles. The van der Waals surface area contributed by atoms with Crippen molar-refractivity contribution in [3.05, 3.63) is 68.8 Å². The molecule has 2 heterocycles. The van der Waals surface area contributed by atoms with Gasteiger partial charge in [-0.05, 0) is 78.3 Å². The Hall–Kier alpha value is -2.44. The SMILES string of the molecule is CCC[C@H]1c2ccc(C(F)(F)F)cc2-c2cc(Cl)cc(Cl)c2-c2cc3c(n21)C(CC(=O)O)CCC3. The number of aryl methyl sites for hydroxylation is 1. The molecule has 0 saturated heterocycles. The van der Waals surface area contributed by atoms with Crippen LogP contribution in [-0.2, 0) is 17.4 Å². The molecule has 0 bridgehead atoms. The summed E-state index contributed by atoms with van der Waals surface area (Å²) in [4.78, 5) is 11.7. The Bertz CT molecular complexity index is 1330. The van der Waals surface area contributed by atoms with Gasteiger partial charge in [0.25, 0.3) is 0 Å². The minimum Gasteiger partial charge on any atom is -0.481 e. The van der Waals surface area contributed by atoms with Gasteiger partial charge in [0, 0.05) is 22.2 Å². The van der Waals surface area contributed by atoms with E-state index >= 15 is 0 Å². The Morgan fingerprint density at radius 2 is 1.91 bits per heavy atom. The van der Waals surface area contributed by atoms with Gasteiger partial charge in [0.05, 0.1) is 28.7 Å². The first-order valence-electron chi connectivity index (χ1n) is 11.8. The number of carboxylic acid groups (broad SMARTS) is 1. The molecule has 2 atom stereocenters. The summed E-state index contributed by atoms with van der Waals surface area (Å²) in [5, 5.41) is 10.3. The van der Waals surface area contributed by atoms with Crippen LogP contribution >= 0.6 is 23.2 Å². The number of halogens is 5. The third-order valence-corrected chi connectivity index (χ3v) is 7.70. The smallest absolute Gasteiger partial charge is 0.416 e. The van der Waals surface area contributed by atoms with E-state index in [9.17, 15) is 23.1 Å². The number of carboxylic acids is 1. The van der Waals surface area contributed by atoms with E-state index in [4.69, 9.17) is 23.2 Å². The Labute approximate surface area is 211 Å². The zero-order valence-electron chi connectivity index (χ0n) is 19.1. The summed E-state index contributed by atoms with van der Waals surface area (Å²) >= 11 is 13.1. The van der Waals surface area contributed by atoms with Crippen molar-refractivity contribution in [2.24, 2.45) is 0 Å². The van der Waals surface area contributed by atoms with E-state index < -0.39 is 17.7 Å². The number of nitrogens with zero attached hydrogens (tertiary/aromatic N) is 1. The maximum absolute atomic E-state index is 13.7. The number of rotatable bonds is 4. The third kappa shape index (κ3) is 4.15. The summed E-state index contributed by atoms with van der Waals surface area (Å²) < 4.78 is 43.4. The largest absolute Gasteiger partial charge is 0.481 e. The lowest BCUT2D eigenvalue weighted by Gasteiger charge is -2.30. The van der Waals surface area contributed by atoms with E-state index in [1.165, 1.54) is 6.07 Å². The van der Waals surface area contributed by atoms with Crippen molar-refractivity contribution in [2.75, 3.05) is 0 Å². The van der Waals surface area contributed by atoms with Gasteiger partial charge in [-0.15, -0.1) is 0 Å². The highest BCUT2D eigenvalue weighted by Gasteiger charge is 2.37. The Morgan fingerprint density at radius 3 is 2.60 bits per heavy atom. The predicted molar refractivity (Wildman–Crippen MR) is 131 cm³/mol. The second-order valence-corrected chi connectivity index (χ2v) is 10.3. The van der Waals surface area contributed by atoms with Crippen LogP contribution in [0.2, 0.25) is 10.0 Å². The number of aromatic nitrogens is 1. The van der Waals surface area contributed by atoms with Gasteiger partial charge in [0.2, 0.25) is 0 Å². The quantitative estimate of drug-likeness (QED) is 0.372. The van der Waals surface area contributed by atoms with Crippen LogP contribution in [0.25, 0.3) is 22.4 Å². The van der Waals surface area contributed by atoms with Gasteiger partial charge in [-0.2, -0.15) is 13.2 Å². The topological polar surface area (TPSA) is 42.2 Å². The van der Waals surface area contributed by atoms with E-state index in [2.05, 4.69) is 10.6 Å². The number of aliphatic carboxylic acids is 1. The van der Waals surface area contributed by atoms with Crippen molar-refractivity contribution >= 4 is 29.2 Å². The molecule has 5 rings (SSSR count). The van der Waals surface area contributed by atoms with Gasteiger partial charge < -0.3 is 9.67 Å². The molecule has 1 unspecified atom stereocenters. The average Bonchev–Trinajstić information content (AvgIpc) is 3.11. The lowest BCUT2D eigenvalue weighted by Crippen LogP contribution is -2.21. The van der Waals surface area contributed by atoms with Gasteiger partial charge in [0.15, 0.2) is 0 Å². The van der Waals surface area contributed by atoms with Gasteiger partial charge in [-0.3, -0.25) is 4.79 Å². The van der Waals surface area contributed by atoms with Gasteiger partial charge in [-0.25, -0.2) is 0 Å². The fourth-order valence-corrected chi connectivity index (χ4v) is 6.46. The van der Waals surface area contributed by atoms with Crippen LogP contribution in [0, 0.1) is 0 Å². The van der Waals surface area contributed by atoms with E-state index in [0.29, 0.717) is 33.2 Å². The van der Waals surface area contributed by atoms with Crippen LogP contribution in [0.15, 0.2) is 36.4 Å². The van der Waals surface area contributed by atoms with Crippen LogP contribution < -0.4 is 0 Å². The standard InChI is InChI=1S/C27H24Cl2F3NO2/c1-2-4-22-18-8-7-16(27(30,31)32)11-19(18)20-12-17(28)13-21(29)25(20)23-9-14-5-3-6-15(10-24(34)35)26(14)33(22)23/h7-9,11-13,15,22H,2-6,10H2,1H3,(H,34,35)/t15?,22-/m0/s1. The fraction of sp³-hybridized carbons (Fsp3) is 0.370. The molecule has 3 nitrogen and oxygen atoms in total. The maximum Gasteiger partial charge on any atom is 0.416 e. The number of carbonyl (C=O) groups is 1. The van der Waals surface area contributed by atoms with Crippen molar-refractivity contribution in [3.63, 3.8) is 0 Å². The molecule has 0 amide bonds. The highest BCUT2D eigenvalue weighted by Crippen LogP contribution is 2.52. The van der Waals surface area contributed by atoms with Gasteiger partial charge in [0.1, 0.15) is 0 Å². The summed E-state index contributed by atoms with van der Waals surface area (Å²) in [6.45, 7) is 2.04. The van der Waals surface area contributed by atoms with Crippen molar-refractivity contribution in [1.29, 1.82) is 0 Å². The molecule has 0 fully saturated rings. The second kappa shape index (κ2) is 8.90. The molecule has 0 radical (unpaired) electrons.